The normalized spacial score (nSPS) is 16.4. The Morgan fingerprint density at radius 3 is 3.00 bits per heavy atom. The molecule has 1 aliphatic heterocycles. The van der Waals surface area contributed by atoms with Crippen molar-refractivity contribution in [3.8, 4) is 5.69 Å². The number of aromatic nitrogens is 4. The number of hydrogen-bond acceptors (Lipinski definition) is 5. The third-order valence-corrected chi connectivity index (χ3v) is 3.51. The van der Waals surface area contributed by atoms with E-state index in [9.17, 15) is 0 Å². The molecule has 0 spiro atoms. The van der Waals surface area contributed by atoms with Crippen LogP contribution in [0.25, 0.3) is 5.69 Å². The van der Waals surface area contributed by atoms with Crippen molar-refractivity contribution in [1.82, 2.24) is 25.5 Å². The Hall–Kier alpha value is -1.95. The summed E-state index contributed by atoms with van der Waals surface area (Å²) >= 11 is 0. The Morgan fingerprint density at radius 1 is 1.32 bits per heavy atom. The van der Waals surface area contributed by atoms with Crippen LogP contribution in [0.15, 0.2) is 30.6 Å². The second-order valence-electron chi connectivity index (χ2n) is 4.88. The molecule has 0 bridgehead atoms. The Kier molecular flexibility index (Phi) is 3.69. The van der Waals surface area contributed by atoms with Gasteiger partial charge in [-0.05, 0) is 60.5 Å². The summed E-state index contributed by atoms with van der Waals surface area (Å²) in [6.07, 6.45) is 4.10. The monoisotopic (exact) mass is 258 g/mol. The molecule has 0 saturated carbocycles. The van der Waals surface area contributed by atoms with E-state index in [0.717, 1.165) is 36.9 Å². The van der Waals surface area contributed by atoms with E-state index in [1.807, 2.05) is 12.1 Å². The molecule has 2 heterocycles. The SMILES string of the molecule is c1cc(NCC2CCNCC2)cc(-n2cnnn2)c1. The van der Waals surface area contributed by atoms with Crippen molar-refractivity contribution < 1.29 is 0 Å². The van der Waals surface area contributed by atoms with Crippen molar-refractivity contribution in [3.63, 3.8) is 0 Å². The van der Waals surface area contributed by atoms with Crippen LogP contribution in [0.4, 0.5) is 5.69 Å². The molecule has 1 saturated heterocycles. The summed E-state index contributed by atoms with van der Waals surface area (Å²) in [6, 6.07) is 8.15. The van der Waals surface area contributed by atoms with Gasteiger partial charge in [0.25, 0.3) is 0 Å². The first-order valence-corrected chi connectivity index (χ1v) is 6.70. The van der Waals surface area contributed by atoms with E-state index >= 15 is 0 Å². The Bertz CT molecular complexity index is 504. The third kappa shape index (κ3) is 3.08. The molecule has 1 fully saturated rings. The summed E-state index contributed by atoms with van der Waals surface area (Å²) in [4.78, 5) is 0. The van der Waals surface area contributed by atoms with Gasteiger partial charge in [-0.25, -0.2) is 4.68 Å². The summed E-state index contributed by atoms with van der Waals surface area (Å²) in [5, 5.41) is 18.1. The van der Waals surface area contributed by atoms with Crippen molar-refractivity contribution in [2.45, 2.75) is 12.8 Å². The van der Waals surface area contributed by atoms with Gasteiger partial charge in [0, 0.05) is 12.2 Å². The van der Waals surface area contributed by atoms with Crippen LogP contribution in [-0.4, -0.2) is 39.8 Å². The van der Waals surface area contributed by atoms with Crippen molar-refractivity contribution in [1.29, 1.82) is 0 Å². The van der Waals surface area contributed by atoms with Crippen LogP contribution < -0.4 is 10.6 Å². The summed E-state index contributed by atoms with van der Waals surface area (Å²) in [6.45, 7) is 3.30. The number of rotatable bonds is 4. The van der Waals surface area contributed by atoms with Gasteiger partial charge in [0.1, 0.15) is 6.33 Å². The molecule has 19 heavy (non-hydrogen) atoms. The van der Waals surface area contributed by atoms with Gasteiger partial charge < -0.3 is 10.6 Å². The van der Waals surface area contributed by atoms with Crippen LogP contribution in [-0.2, 0) is 0 Å². The van der Waals surface area contributed by atoms with E-state index in [1.165, 1.54) is 12.8 Å². The lowest BCUT2D eigenvalue weighted by Crippen LogP contribution is -2.31. The molecule has 100 valence electrons. The van der Waals surface area contributed by atoms with Gasteiger partial charge in [0.2, 0.25) is 0 Å². The highest BCUT2D eigenvalue weighted by atomic mass is 15.5. The highest BCUT2D eigenvalue weighted by molar-refractivity contribution is 5.50. The van der Waals surface area contributed by atoms with Crippen LogP contribution in [0.3, 0.4) is 0 Å². The molecular formula is C13H18N6. The van der Waals surface area contributed by atoms with E-state index in [4.69, 9.17) is 0 Å². The molecule has 0 aliphatic carbocycles. The predicted octanol–water partition coefficient (Wildman–Crippen LogP) is 1.07. The van der Waals surface area contributed by atoms with Gasteiger partial charge in [0.15, 0.2) is 0 Å². The number of tetrazole rings is 1. The molecule has 6 heteroatoms. The van der Waals surface area contributed by atoms with Crippen LogP contribution in [0.2, 0.25) is 0 Å². The number of nitrogens with one attached hydrogen (secondary N) is 2. The van der Waals surface area contributed by atoms with Gasteiger partial charge in [-0.3, -0.25) is 0 Å². The minimum Gasteiger partial charge on any atom is -0.385 e. The quantitative estimate of drug-likeness (QED) is 0.858. The zero-order chi connectivity index (χ0) is 12.9. The lowest BCUT2D eigenvalue weighted by molar-refractivity contribution is 0.390. The van der Waals surface area contributed by atoms with Gasteiger partial charge in [-0.1, -0.05) is 6.07 Å². The maximum atomic E-state index is 3.90. The second-order valence-corrected chi connectivity index (χ2v) is 4.88. The van der Waals surface area contributed by atoms with Crippen molar-refractivity contribution in [3.05, 3.63) is 30.6 Å². The molecule has 1 aromatic heterocycles. The zero-order valence-corrected chi connectivity index (χ0v) is 10.8. The maximum Gasteiger partial charge on any atom is 0.143 e. The fraction of sp³-hybridized carbons (Fsp3) is 0.462. The number of benzene rings is 1. The minimum atomic E-state index is 0.762. The Labute approximate surface area is 112 Å². The molecule has 0 radical (unpaired) electrons. The van der Waals surface area contributed by atoms with E-state index in [1.54, 1.807) is 11.0 Å². The summed E-state index contributed by atoms with van der Waals surface area (Å²) in [7, 11) is 0. The zero-order valence-electron chi connectivity index (χ0n) is 10.8. The maximum absolute atomic E-state index is 3.90. The predicted molar refractivity (Wildman–Crippen MR) is 73.2 cm³/mol. The number of anilines is 1. The number of nitrogens with zero attached hydrogens (tertiary/aromatic N) is 4. The van der Waals surface area contributed by atoms with E-state index < -0.39 is 0 Å². The molecule has 6 nitrogen and oxygen atoms in total. The molecule has 2 N–H and O–H groups in total. The summed E-state index contributed by atoms with van der Waals surface area (Å²) in [5.41, 5.74) is 2.09. The first kappa shape index (κ1) is 12.1. The molecule has 0 amide bonds. The molecule has 3 rings (SSSR count). The van der Waals surface area contributed by atoms with Crippen LogP contribution in [0.5, 0.6) is 0 Å². The lowest BCUT2D eigenvalue weighted by Gasteiger charge is -2.23. The fourth-order valence-corrected chi connectivity index (χ4v) is 2.39. The molecule has 0 unspecified atom stereocenters. The van der Waals surface area contributed by atoms with Gasteiger partial charge in [-0.2, -0.15) is 0 Å². The highest BCUT2D eigenvalue weighted by Crippen LogP contribution is 2.16. The molecule has 2 aromatic rings. The van der Waals surface area contributed by atoms with Crippen LogP contribution >= 0.6 is 0 Å². The largest absolute Gasteiger partial charge is 0.385 e. The van der Waals surface area contributed by atoms with Crippen molar-refractivity contribution >= 4 is 5.69 Å². The first-order chi connectivity index (χ1) is 9.42. The van der Waals surface area contributed by atoms with E-state index in [0.29, 0.717) is 0 Å². The molecule has 0 atom stereocenters. The number of hydrogen-bond donors (Lipinski definition) is 2. The average molecular weight is 258 g/mol. The van der Waals surface area contributed by atoms with E-state index in [2.05, 4.69) is 38.3 Å². The Morgan fingerprint density at radius 2 is 2.21 bits per heavy atom. The topological polar surface area (TPSA) is 67.7 Å². The minimum absolute atomic E-state index is 0.762. The molecule has 1 aliphatic rings. The smallest absolute Gasteiger partial charge is 0.143 e. The molecule has 1 aromatic carbocycles. The fourth-order valence-electron chi connectivity index (χ4n) is 2.39. The second kappa shape index (κ2) is 5.79. The lowest BCUT2D eigenvalue weighted by atomic mass is 9.98. The number of piperidine rings is 1. The highest BCUT2D eigenvalue weighted by Gasteiger charge is 2.12. The van der Waals surface area contributed by atoms with Crippen molar-refractivity contribution in [2.75, 3.05) is 25.0 Å². The Balaban J connectivity index is 1.63. The summed E-state index contributed by atoms with van der Waals surface area (Å²) in [5.74, 6) is 0.762. The first-order valence-electron chi connectivity index (χ1n) is 6.70. The average Bonchev–Trinajstić information content (AvgIpc) is 3.01. The van der Waals surface area contributed by atoms with Gasteiger partial charge in [0.05, 0.1) is 5.69 Å². The third-order valence-electron chi connectivity index (χ3n) is 3.51. The van der Waals surface area contributed by atoms with Gasteiger partial charge >= 0.3 is 0 Å². The van der Waals surface area contributed by atoms with Crippen molar-refractivity contribution in [2.24, 2.45) is 5.92 Å². The van der Waals surface area contributed by atoms with Gasteiger partial charge in [-0.15, -0.1) is 5.10 Å². The van der Waals surface area contributed by atoms with Crippen LogP contribution in [0.1, 0.15) is 12.8 Å². The van der Waals surface area contributed by atoms with E-state index in [-0.39, 0.29) is 0 Å². The summed E-state index contributed by atoms with van der Waals surface area (Å²) < 4.78 is 1.66. The standard InChI is InChI=1S/C13H18N6/c1-2-12(15-9-11-4-6-14-7-5-11)8-13(3-1)19-10-16-17-18-19/h1-3,8,10-11,14-15H,4-7,9H2. The molecular weight excluding hydrogens is 240 g/mol. The van der Waals surface area contributed by atoms with Crippen LogP contribution in [0, 0.1) is 5.92 Å².